The minimum atomic E-state index is 0.549. The van der Waals surface area contributed by atoms with E-state index in [9.17, 15) is 0 Å². The Morgan fingerprint density at radius 3 is 3.18 bits per heavy atom. The van der Waals surface area contributed by atoms with Gasteiger partial charge in [-0.3, -0.25) is 4.90 Å². The van der Waals surface area contributed by atoms with Crippen LogP contribution in [0.5, 0.6) is 0 Å². The molecule has 0 spiro atoms. The van der Waals surface area contributed by atoms with Crippen LogP contribution < -0.4 is 5.32 Å². The summed E-state index contributed by atoms with van der Waals surface area (Å²) in [6.07, 6.45) is 0. The van der Waals surface area contributed by atoms with Gasteiger partial charge in [0, 0.05) is 25.7 Å². The normalized spacial score (nSPS) is 22.1. The number of hydrogen-bond acceptors (Lipinski definition) is 4. The first kappa shape index (κ1) is 10.7. The Bertz CT molecular complexity index is 475. The van der Waals surface area contributed by atoms with Crippen molar-refractivity contribution in [1.29, 1.82) is 0 Å². The topological polar surface area (TPSA) is 41.3 Å². The van der Waals surface area contributed by atoms with Crippen molar-refractivity contribution in [1.82, 2.24) is 15.2 Å². The zero-order valence-corrected chi connectivity index (χ0v) is 10.0. The van der Waals surface area contributed by atoms with Gasteiger partial charge in [0.15, 0.2) is 5.58 Å². The third-order valence-electron chi connectivity index (χ3n) is 3.15. The van der Waals surface area contributed by atoms with Gasteiger partial charge in [0.05, 0.1) is 6.54 Å². The minimum Gasteiger partial charge on any atom is -0.439 e. The van der Waals surface area contributed by atoms with E-state index in [-0.39, 0.29) is 0 Å². The van der Waals surface area contributed by atoms with Gasteiger partial charge in [0.2, 0.25) is 5.89 Å². The van der Waals surface area contributed by atoms with Crippen molar-refractivity contribution in [3.63, 3.8) is 0 Å². The summed E-state index contributed by atoms with van der Waals surface area (Å²) in [5.74, 6) is 0.820. The molecule has 0 bridgehead atoms. The van der Waals surface area contributed by atoms with Crippen LogP contribution in [0, 0.1) is 0 Å². The second kappa shape index (κ2) is 4.47. The van der Waals surface area contributed by atoms with Crippen LogP contribution in [-0.4, -0.2) is 35.6 Å². The maximum absolute atomic E-state index is 5.73. The van der Waals surface area contributed by atoms with Crippen LogP contribution in [0.3, 0.4) is 0 Å². The van der Waals surface area contributed by atoms with Gasteiger partial charge < -0.3 is 9.73 Å². The molecular formula is C13H17N3O. The molecule has 1 atom stereocenters. The van der Waals surface area contributed by atoms with Crippen LogP contribution in [-0.2, 0) is 6.54 Å². The standard InChI is InChI=1S/C13H17N3O/c1-10-8-16(7-6-14-10)9-13-15-11-4-2-3-5-12(11)17-13/h2-5,10,14H,6-9H2,1H3/t10-/m1/s1. The van der Waals surface area contributed by atoms with Crippen molar-refractivity contribution in [2.24, 2.45) is 0 Å². The Hall–Kier alpha value is -1.39. The highest BCUT2D eigenvalue weighted by molar-refractivity contribution is 5.72. The quantitative estimate of drug-likeness (QED) is 0.852. The summed E-state index contributed by atoms with van der Waals surface area (Å²) in [5.41, 5.74) is 1.83. The maximum Gasteiger partial charge on any atom is 0.209 e. The highest BCUT2D eigenvalue weighted by Crippen LogP contribution is 2.16. The fourth-order valence-electron chi connectivity index (χ4n) is 2.33. The van der Waals surface area contributed by atoms with E-state index in [2.05, 4.69) is 22.1 Å². The van der Waals surface area contributed by atoms with Gasteiger partial charge in [0.25, 0.3) is 0 Å². The number of oxazole rings is 1. The molecule has 1 aromatic heterocycles. The van der Waals surface area contributed by atoms with Gasteiger partial charge >= 0.3 is 0 Å². The summed E-state index contributed by atoms with van der Waals surface area (Å²) in [5, 5.41) is 3.43. The van der Waals surface area contributed by atoms with Gasteiger partial charge in [-0.15, -0.1) is 0 Å². The summed E-state index contributed by atoms with van der Waals surface area (Å²) >= 11 is 0. The van der Waals surface area contributed by atoms with E-state index >= 15 is 0 Å². The van der Waals surface area contributed by atoms with Crippen molar-refractivity contribution < 1.29 is 4.42 Å². The van der Waals surface area contributed by atoms with E-state index in [1.165, 1.54) is 0 Å². The fourth-order valence-corrected chi connectivity index (χ4v) is 2.33. The zero-order chi connectivity index (χ0) is 11.7. The van der Waals surface area contributed by atoms with Crippen LogP contribution in [0.25, 0.3) is 11.1 Å². The van der Waals surface area contributed by atoms with Gasteiger partial charge in [-0.1, -0.05) is 12.1 Å². The predicted molar refractivity (Wildman–Crippen MR) is 66.8 cm³/mol. The third-order valence-corrected chi connectivity index (χ3v) is 3.15. The highest BCUT2D eigenvalue weighted by Gasteiger charge is 2.17. The van der Waals surface area contributed by atoms with Crippen molar-refractivity contribution >= 4 is 11.1 Å². The van der Waals surface area contributed by atoms with Crippen LogP contribution >= 0.6 is 0 Å². The predicted octanol–water partition coefficient (Wildman–Crippen LogP) is 1.62. The second-order valence-electron chi connectivity index (χ2n) is 4.67. The number of piperazine rings is 1. The number of rotatable bonds is 2. The summed E-state index contributed by atoms with van der Waals surface area (Å²) < 4.78 is 5.73. The molecule has 3 rings (SSSR count). The molecule has 90 valence electrons. The van der Waals surface area contributed by atoms with Crippen molar-refractivity contribution in [2.75, 3.05) is 19.6 Å². The molecule has 0 unspecified atom stereocenters. The first-order chi connectivity index (χ1) is 8.31. The lowest BCUT2D eigenvalue weighted by molar-refractivity contribution is 0.185. The summed E-state index contributed by atoms with van der Waals surface area (Å²) in [4.78, 5) is 6.88. The smallest absolute Gasteiger partial charge is 0.209 e. The van der Waals surface area contributed by atoms with E-state index in [1.54, 1.807) is 0 Å². The van der Waals surface area contributed by atoms with E-state index in [0.29, 0.717) is 6.04 Å². The molecule has 4 nitrogen and oxygen atoms in total. The van der Waals surface area contributed by atoms with Crippen molar-refractivity contribution in [3.8, 4) is 0 Å². The van der Waals surface area contributed by atoms with Gasteiger partial charge in [-0.2, -0.15) is 0 Å². The molecule has 0 aliphatic carbocycles. The lowest BCUT2D eigenvalue weighted by Gasteiger charge is -2.30. The fraction of sp³-hybridized carbons (Fsp3) is 0.462. The Morgan fingerprint density at radius 2 is 2.35 bits per heavy atom. The second-order valence-corrected chi connectivity index (χ2v) is 4.67. The van der Waals surface area contributed by atoms with Gasteiger partial charge in [-0.05, 0) is 19.1 Å². The number of nitrogens with one attached hydrogen (secondary N) is 1. The average Bonchev–Trinajstić information content (AvgIpc) is 2.71. The largest absolute Gasteiger partial charge is 0.439 e. The SMILES string of the molecule is C[C@@H]1CN(Cc2nc3ccccc3o2)CCN1. The van der Waals surface area contributed by atoms with Gasteiger partial charge in [-0.25, -0.2) is 4.98 Å². The zero-order valence-electron chi connectivity index (χ0n) is 10.0. The molecule has 0 radical (unpaired) electrons. The maximum atomic E-state index is 5.73. The highest BCUT2D eigenvalue weighted by atomic mass is 16.3. The molecule has 0 saturated carbocycles. The Morgan fingerprint density at radius 1 is 1.47 bits per heavy atom. The van der Waals surface area contributed by atoms with E-state index < -0.39 is 0 Å². The molecular weight excluding hydrogens is 214 g/mol. The molecule has 1 N–H and O–H groups in total. The van der Waals surface area contributed by atoms with E-state index in [1.807, 2.05) is 24.3 Å². The Labute approximate surface area is 101 Å². The van der Waals surface area contributed by atoms with Gasteiger partial charge in [0.1, 0.15) is 5.52 Å². The molecule has 2 heterocycles. The minimum absolute atomic E-state index is 0.549. The van der Waals surface area contributed by atoms with Crippen LogP contribution in [0.15, 0.2) is 28.7 Å². The van der Waals surface area contributed by atoms with Crippen LogP contribution in [0.4, 0.5) is 0 Å². The number of benzene rings is 1. The summed E-state index contributed by atoms with van der Waals surface area (Å²) in [7, 11) is 0. The van der Waals surface area contributed by atoms with Crippen molar-refractivity contribution in [3.05, 3.63) is 30.2 Å². The molecule has 0 amide bonds. The van der Waals surface area contributed by atoms with Crippen molar-refractivity contribution in [2.45, 2.75) is 19.5 Å². The monoisotopic (exact) mass is 231 g/mol. The van der Waals surface area contributed by atoms with Crippen LogP contribution in [0.2, 0.25) is 0 Å². The molecule has 1 aliphatic rings. The molecule has 1 fully saturated rings. The number of aromatic nitrogens is 1. The lowest BCUT2D eigenvalue weighted by atomic mass is 10.2. The van der Waals surface area contributed by atoms with E-state index in [4.69, 9.17) is 4.42 Å². The first-order valence-corrected chi connectivity index (χ1v) is 6.11. The van der Waals surface area contributed by atoms with E-state index in [0.717, 1.165) is 43.2 Å². The molecule has 2 aromatic rings. The number of fused-ring (bicyclic) bond motifs is 1. The molecule has 17 heavy (non-hydrogen) atoms. The van der Waals surface area contributed by atoms with Crippen LogP contribution in [0.1, 0.15) is 12.8 Å². The average molecular weight is 231 g/mol. The Kier molecular flexibility index (Phi) is 2.82. The number of hydrogen-bond donors (Lipinski definition) is 1. The molecule has 1 aliphatic heterocycles. The molecule has 4 heteroatoms. The molecule has 1 aromatic carbocycles. The summed E-state index contributed by atoms with van der Waals surface area (Å²) in [6.45, 7) is 6.17. The molecule has 1 saturated heterocycles. The number of nitrogens with zero attached hydrogens (tertiary/aromatic N) is 2. The number of para-hydroxylation sites is 2. The Balaban J connectivity index is 1.75. The first-order valence-electron chi connectivity index (χ1n) is 6.11. The third kappa shape index (κ3) is 2.33. The summed E-state index contributed by atoms with van der Waals surface area (Å²) in [6, 6.07) is 8.47. The lowest BCUT2D eigenvalue weighted by Crippen LogP contribution is -2.48.